The summed E-state index contributed by atoms with van der Waals surface area (Å²) in [5, 5.41) is 2.97. The highest BCUT2D eigenvalue weighted by molar-refractivity contribution is 5.47. The molecule has 2 aromatic rings. The van der Waals surface area contributed by atoms with E-state index >= 15 is 0 Å². The molecule has 0 radical (unpaired) electrons. The minimum atomic E-state index is -4.34. The quantitative estimate of drug-likeness (QED) is 0.900. The van der Waals surface area contributed by atoms with Gasteiger partial charge in [0.1, 0.15) is 5.75 Å². The van der Waals surface area contributed by atoms with Gasteiger partial charge in [-0.2, -0.15) is 13.2 Å². The molecule has 106 valence electrons. The SMILES string of the molecule is COc1ccc(NCc2ccccc2C(F)(F)F)cc1. The third-order valence-electron chi connectivity index (χ3n) is 2.90. The Kier molecular flexibility index (Phi) is 4.17. The minimum Gasteiger partial charge on any atom is -0.497 e. The number of rotatable bonds is 4. The second-order valence-corrected chi connectivity index (χ2v) is 4.24. The lowest BCUT2D eigenvalue weighted by Crippen LogP contribution is -2.11. The zero-order chi connectivity index (χ0) is 14.6. The van der Waals surface area contributed by atoms with E-state index in [0.717, 1.165) is 11.8 Å². The van der Waals surface area contributed by atoms with Crippen LogP contribution in [0.2, 0.25) is 0 Å². The van der Waals surface area contributed by atoms with E-state index in [1.54, 1.807) is 37.4 Å². The third kappa shape index (κ3) is 3.44. The van der Waals surface area contributed by atoms with Crippen LogP contribution in [0.25, 0.3) is 0 Å². The van der Waals surface area contributed by atoms with Gasteiger partial charge < -0.3 is 10.1 Å². The van der Waals surface area contributed by atoms with Gasteiger partial charge in [0.25, 0.3) is 0 Å². The zero-order valence-electron chi connectivity index (χ0n) is 10.9. The third-order valence-corrected chi connectivity index (χ3v) is 2.90. The molecule has 0 unspecified atom stereocenters. The van der Waals surface area contributed by atoms with Gasteiger partial charge in [0, 0.05) is 12.2 Å². The predicted molar refractivity (Wildman–Crippen MR) is 71.8 cm³/mol. The van der Waals surface area contributed by atoms with Crippen LogP contribution >= 0.6 is 0 Å². The van der Waals surface area contributed by atoms with Crippen LogP contribution in [0.4, 0.5) is 18.9 Å². The van der Waals surface area contributed by atoms with E-state index < -0.39 is 11.7 Å². The monoisotopic (exact) mass is 281 g/mol. The number of methoxy groups -OCH3 is 1. The summed E-state index contributed by atoms with van der Waals surface area (Å²) in [7, 11) is 1.56. The fourth-order valence-electron chi connectivity index (χ4n) is 1.86. The van der Waals surface area contributed by atoms with Gasteiger partial charge >= 0.3 is 6.18 Å². The maximum Gasteiger partial charge on any atom is 0.416 e. The van der Waals surface area contributed by atoms with Gasteiger partial charge in [0.05, 0.1) is 12.7 Å². The fourth-order valence-corrected chi connectivity index (χ4v) is 1.86. The molecular formula is C15H14F3NO. The largest absolute Gasteiger partial charge is 0.497 e. The molecule has 0 aromatic heterocycles. The van der Waals surface area contributed by atoms with Gasteiger partial charge in [-0.05, 0) is 35.9 Å². The van der Waals surface area contributed by atoms with E-state index in [9.17, 15) is 13.2 Å². The highest BCUT2D eigenvalue weighted by Crippen LogP contribution is 2.32. The highest BCUT2D eigenvalue weighted by Gasteiger charge is 2.32. The van der Waals surface area contributed by atoms with Gasteiger partial charge in [-0.3, -0.25) is 0 Å². The van der Waals surface area contributed by atoms with Crippen molar-refractivity contribution in [1.82, 2.24) is 0 Å². The summed E-state index contributed by atoms with van der Waals surface area (Å²) in [6.07, 6.45) is -4.34. The number of benzene rings is 2. The van der Waals surface area contributed by atoms with E-state index in [-0.39, 0.29) is 12.1 Å². The Morgan fingerprint density at radius 2 is 1.65 bits per heavy atom. The predicted octanol–water partition coefficient (Wildman–Crippen LogP) is 4.33. The number of ether oxygens (including phenoxy) is 1. The number of anilines is 1. The van der Waals surface area contributed by atoms with E-state index in [1.165, 1.54) is 12.1 Å². The number of nitrogens with one attached hydrogen (secondary N) is 1. The van der Waals surface area contributed by atoms with E-state index in [0.29, 0.717) is 5.75 Å². The molecule has 0 fully saturated rings. The smallest absolute Gasteiger partial charge is 0.416 e. The Bertz CT molecular complexity index is 564. The Morgan fingerprint density at radius 3 is 2.25 bits per heavy atom. The van der Waals surface area contributed by atoms with Crippen LogP contribution < -0.4 is 10.1 Å². The van der Waals surface area contributed by atoms with Crippen molar-refractivity contribution in [3.63, 3.8) is 0 Å². The van der Waals surface area contributed by atoms with E-state index in [4.69, 9.17) is 4.74 Å². The van der Waals surface area contributed by atoms with Crippen molar-refractivity contribution < 1.29 is 17.9 Å². The molecule has 2 rings (SSSR count). The lowest BCUT2D eigenvalue weighted by atomic mass is 10.1. The van der Waals surface area contributed by atoms with Crippen LogP contribution in [0.15, 0.2) is 48.5 Å². The van der Waals surface area contributed by atoms with Crippen molar-refractivity contribution in [3.05, 3.63) is 59.7 Å². The fraction of sp³-hybridized carbons (Fsp3) is 0.200. The summed E-state index contributed by atoms with van der Waals surface area (Å²) < 4.78 is 43.5. The Labute approximate surface area is 115 Å². The van der Waals surface area contributed by atoms with E-state index in [1.807, 2.05) is 0 Å². The summed E-state index contributed by atoms with van der Waals surface area (Å²) in [5.41, 5.74) is 0.347. The van der Waals surface area contributed by atoms with Crippen LogP contribution in [0, 0.1) is 0 Å². The molecule has 0 saturated heterocycles. The van der Waals surface area contributed by atoms with Crippen LogP contribution in [-0.2, 0) is 12.7 Å². The molecule has 0 heterocycles. The van der Waals surface area contributed by atoms with Crippen molar-refractivity contribution in [2.24, 2.45) is 0 Å². The summed E-state index contributed by atoms with van der Waals surface area (Å²) in [5.74, 6) is 0.700. The van der Waals surface area contributed by atoms with E-state index in [2.05, 4.69) is 5.32 Å². The molecule has 5 heteroatoms. The van der Waals surface area contributed by atoms with Gasteiger partial charge in [-0.15, -0.1) is 0 Å². The van der Waals surface area contributed by atoms with Crippen molar-refractivity contribution in [1.29, 1.82) is 0 Å². The zero-order valence-corrected chi connectivity index (χ0v) is 10.9. The molecule has 1 N–H and O–H groups in total. The Morgan fingerprint density at radius 1 is 1.00 bits per heavy atom. The first-order valence-electron chi connectivity index (χ1n) is 6.04. The lowest BCUT2D eigenvalue weighted by molar-refractivity contribution is -0.138. The average Bonchev–Trinajstić information content (AvgIpc) is 2.45. The minimum absolute atomic E-state index is 0.113. The van der Waals surface area contributed by atoms with Crippen molar-refractivity contribution in [2.75, 3.05) is 12.4 Å². The molecular weight excluding hydrogens is 267 g/mol. The molecule has 2 aromatic carbocycles. The van der Waals surface area contributed by atoms with Crippen LogP contribution in [0.5, 0.6) is 5.75 Å². The molecule has 0 amide bonds. The number of alkyl halides is 3. The van der Waals surface area contributed by atoms with Crippen LogP contribution in [0.3, 0.4) is 0 Å². The van der Waals surface area contributed by atoms with Crippen LogP contribution in [0.1, 0.15) is 11.1 Å². The summed E-state index contributed by atoms with van der Waals surface area (Å²) in [6, 6.07) is 12.6. The number of hydrogen-bond donors (Lipinski definition) is 1. The number of hydrogen-bond acceptors (Lipinski definition) is 2. The first-order chi connectivity index (χ1) is 9.50. The topological polar surface area (TPSA) is 21.3 Å². The molecule has 0 aliphatic carbocycles. The Hall–Kier alpha value is -2.17. The molecule has 0 aliphatic heterocycles. The van der Waals surface area contributed by atoms with Gasteiger partial charge in [0.2, 0.25) is 0 Å². The first-order valence-corrected chi connectivity index (χ1v) is 6.04. The first kappa shape index (κ1) is 14.2. The molecule has 0 aliphatic rings. The lowest BCUT2D eigenvalue weighted by Gasteiger charge is -2.14. The molecule has 0 spiro atoms. The Balaban J connectivity index is 2.10. The van der Waals surface area contributed by atoms with Crippen LogP contribution in [-0.4, -0.2) is 7.11 Å². The second-order valence-electron chi connectivity index (χ2n) is 4.24. The summed E-state index contributed by atoms with van der Waals surface area (Å²) >= 11 is 0. The normalized spacial score (nSPS) is 11.2. The van der Waals surface area contributed by atoms with Crippen molar-refractivity contribution in [3.8, 4) is 5.75 Å². The maximum absolute atomic E-state index is 12.8. The molecule has 2 nitrogen and oxygen atoms in total. The van der Waals surface area contributed by atoms with Gasteiger partial charge in [-0.25, -0.2) is 0 Å². The average molecular weight is 281 g/mol. The highest BCUT2D eigenvalue weighted by atomic mass is 19.4. The molecule has 0 bridgehead atoms. The summed E-state index contributed by atoms with van der Waals surface area (Å²) in [4.78, 5) is 0. The van der Waals surface area contributed by atoms with Gasteiger partial charge in [0.15, 0.2) is 0 Å². The number of halogens is 3. The maximum atomic E-state index is 12.8. The second kappa shape index (κ2) is 5.86. The molecule has 20 heavy (non-hydrogen) atoms. The molecule has 0 atom stereocenters. The van der Waals surface area contributed by atoms with Gasteiger partial charge in [-0.1, -0.05) is 18.2 Å². The molecule has 0 saturated carbocycles. The van der Waals surface area contributed by atoms with Crippen molar-refractivity contribution >= 4 is 5.69 Å². The van der Waals surface area contributed by atoms with Crippen molar-refractivity contribution in [2.45, 2.75) is 12.7 Å². The summed E-state index contributed by atoms with van der Waals surface area (Å²) in [6.45, 7) is 0.113. The standard InChI is InChI=1S/C15H14F3NO/c1-20-13-8-6-12(7-9-13)19-10-11-4-2-3-5-14(11)15(16,17)18/h2-9,19H,10H2,1H3.